The van der Waals surface area contributed by atoms with E-state index in [9.17, 15) is 10.2 Å². The summed E-state index contributed by atoms with van der Waals surface area (Å²) in [6, 6.07) is 10.3. The van der Waals surface area contributed by atoms with Gasteiger partial charge in [-0.1, -0.05) is 23.7 Å². The highest BCUT2D eigenvalue weighted by Crippen LogP contribution is 2.72. The molecular weight excluding hydrogens is 484 g/mol. The fraction of sp³-hybridized carbons (Fsp3) is 0.269. The van der Waals surface area contributed by atoms with Crippen LogP contribution in [0.25, 0.3) is 21.4 Å². The molecule has 4 atom stereocenters. The largest absolute Gasteiger partial charge is 0.494 e. The van der Waals surface area contributed by atoms with Crippen LogP contribution in [0.5, 0.6) is 17.6 Å². The van der Waals surface area contributed by atoms with Gasteiger partial charge in [0.15, 0.2) is 0 Å². The van der Waals surface area contributed by atoms with Gasteiger partial charge in [0, 0.05) is 30.3 Å². The van der Waals surface area contributed by atoms with E-state index in [1.54, 1.807) is 36.5 Å². The molecule has 0 spiro atoms. The molecule has 3 aromatic heterocycles. The van der Waals surface area contributed by atoms with E-state index in [-0.39, 0.29) is 30.6 Å². The average molecular weight is 503 g/mol. The minimum Gasteiger partial charge on any atom is -0.494 e. The first-order valence-corrected chi connectivity index (χ1v) is 11.8. The lowest BCUT2D eigenvalue weighted by Gasteiger charge is -2.28. The van der Waals surface area contributed by atoms with Gasteiger partial charge in [-0.25, -0.2) is 9.83 Å². The van der Waals surface area contributed by atoms with E-state index in [4.69, 9.17) is 32.4 Å². The number of benzene rings is 1. The second-order valence-corrected chi connectivity index (χ2v) is 9.77. The number of fused-ring (bicyclic) bond motifs is 9. The fourth-order valence-corrected chi connectivity index (χ4v) is 6.03. The third-order valence-electron chi connectivity index (χ3n) is 7.44. The lowest BCUT2D eigenvalue weighted by Crippen LogP contribution is -2.32. The Morgan fingerprint density at radius 1 is 1.14 bits per heavy atom. The molecule has 0 aliphatic carbocycles. The summed E-state index contributed by atoms with van der Waals surface area (Å²) in [6.07, 6.45) is 3.00. The zero-order valence-electron chi connectivity index (χ0n) is 19.0. The molecule has 0 radical (unpaired) electrons. The molecule has 36 heavy (non-hydrogen) atoms. The van der Waals surface area contributed by atoms with Crippen LogP contribution < -0.4 is 4.74 Å². The van der Waals surface area contributed by atoms with Crippen molar-refractivity contribution in [1.29, 1.82) is 0 Å². The second-order valence-electron chi connectivity index (χ2n) is 9.34. The minimum absolute atomic E-state index is 0.123. The number of pyridine rings is 2. The predicted octanol–water partition coefficient (Wildman–Crippen LogP) is 4.73. The van der Waals surface area contributed by atoms with Gasteiger partial charge in [-0.3, -0.25) is 9.55 Å². The maximum Gasteiger partial charge on any atom is 0.213 e. The Morgan fingerprint density at radius 2 is 1.97 bits per heavy atom. The number of ether oxygens (including phenoxy) is 3. The van der Waals surface area contributed by atoms with Crippen molar-refractivity contribution in [3.63, 3.8) is 0 Å². The van der Waals surface area contributed by atoms with E-state index >= 15 is 0 Å². The SMILES string of the molecule is [C-]#[N+]c1ccc(-n2c(O)c3c(c2O)C2(CCOc4ccc(Cl)cn4)OC3(C)[C@@H]3O[C@@H]32)c2cccnc12. The molecule has 0 saturated carbocycles. The smallest absolute Gasteiger partial charge is 0.213 e. The topological polar surface area (TPSA) is 107 Å². The fourth-order valence-electron chi connectivity index (χ4n) is 5.91. The maximum atomic E-state index is 11.6. The minimum atomic E-state index is -0.988. The van der Waals surface area contributed by atoms with Gasteiger partial charge in [-0.2, -0.15) is 0 Å². The highest BCUT2D eigenvalue weighted by Gasteiger charge is 2.79. The Morgan fingerprint density at radius 3 is 2.75 bits per heavy atom. The standard InChI is InChI=1S/C26H19ClN4O5/c1-25-18-19(26(36-25,22-21(25)35-22)9-11-34-17-8-5-13(27)12-30-17)24(33)31(23(18)32)16-7-6-15(28-2)20-14(16)4-3-10-29-20/h3-8,10,12,21-22,32-33H,9,11H2,1H3/t21-,22+,25?,26?/m1/s1. The molecule has 2 saturated heterocycles. The lowest BCUT2D eigenvalue weighted by molar-refractivity contribution is -0.148. The molecule has 3 aliphatic rings. The monoisotopic (exact) mass is 502 g/mol. The van der Waals surface area contributed by atoms with E-state index in [0.717, 1.165) is 0 Å². The predicted molar refractivity (Wildman–Crippen MR) is 129 cm³/mol. The highest BCUT2D eigenvalue weighted by atomic mass is 35.5. The van der Waals surface area contributed by atoms with Crippen LogP contribution in [-0.4, -0.2) is 43.6 Å². The van der Waals surface area contributed by atoms with Crippen molar-refractivity contribution >= 4 is 28.2 Å². The van der Waals surface area contributed by atoms with E-state index < -0.39 is 11.2 Å². The molecule has 2 unspecified atom stereocenters. The highest BCUT2D eigenvalue weighted by molar-refractivity contribution is 6.30. The van der Waals surface area contributed by atoms with Gasteiger partial charge < -0.3 is 24.4 Å². The summed E-state index contributed by atoms with van der Waals surface area (Å²) in [7, 11) is 0. The van der Waals surface area contributed by atoms with Crippen molar-refractivity contribution in [3.05, 3.63) is 76.4 Å². The van der Waals surface area contributed by atoms with Crippen LogP contribution in [0.2, 0.25) is 5.02 Å². The first kappa shape index (κ1) is 21.4. The molecule has 2 N–H and O–H groups in total. The number of rotatable bonds is 5. The number of halogens is 1. The van der Waals surface area contributed by atoms with Crippen LogP contribution in [0.3, 0.4) is 0 Å². The molecule has 1 aromatic carbocycles. The Bertz CT molecular complexity index is 1610. The summed E-state index contributed by atoms with van der Waals surface area (Å²) in [6.45, 7) is 9.58. The van der Waals surface area contributed by atoms with Gasteiger partial charge in [-0.05, 0) is 25.1 Å². The van der Waals surface area contributed by atoms with Crippen molar-refractivity contribution in [2.75, 3.05) is 6.61 Å². The van der Waals surface area contributed by atoms with Gasteiger partial charge in [0.2, 0.25) is 23.3 Å². The number of aromatic nitrogens is 3. The summed E-state index contributed by atoms with van der Waals surface area (Å²) < 4.78 is 19.7. The van der Waals surface area contributed by atoms with Crippen LogP contribution in [-0.2, 0) is 20.7 Å². The molecule has 0 amide bonds. The molecule has 2 fully saturated rings. The van der Waals surface area contributed by atoms with Gasteiger partial charge >= 0.3 is 0 Å². The number of aromatic hydroxyl groups is 2. The molecule has 4 aromatic rings. The van der Waals surface area contributed by atoms with Crippen LogP contribution >= 0.6 is 11.6 Å². The van der Waals surface area contributed by atoms with Gasteiger partial charge in [0.25, 0.3) is 0 Å². The van der Waals surface area contributed by atoms with Crippen LogP contribution in [0.4, 0.5) is 5.69 Å². The summed E-state index contributed by atoms with van der Waals surface area (Å²) in [4.78, 5) is 12.1. The molecule has 9 nitrogen and oxygen atoms in total. The van der Waals surface area contributed by atoms with Crippen molar-refractivity contribution in [3.8, 4) is 23.3 Å². The quantitative estimate of drug-likeness (QED) is 0.300. The van der Waals surface area contributed by atoms with E-state index in [1.165, 1.54) is 10.8 Å². The average Bonchev–Trinajstić information content (AvgIpc) is 3.54. The number of epoxide rings is 1. The van der Waals surface area contributed by atoms with Crippen molar-refractivity contribution < 1.29 is 24.4 Å². The number of nitrogens with zero attached hydrogens (tertiary/aromatic N) is 4. The number of hydrogen-bond donors (Lipinski definition) is 2. The first-order valence-electron chi connectivity index (χ1n) is 11.4. The van der Waals surface area contributed by atoms with E-state index in [2.05, 4.69) is 14.8 Å². The van der Waals surface area contributed by atoms with E-state index in [0.29, 0.717) is 50.7 Å². The van der Waals surface area contributed by atoms with E-state index in [1.807, 2.05) is 13.0 Å². The van der Waals surface area contributed by atoms with Gasteiger partial charge in [0.1, 0.15) is 23.4 Å². The van der Waals surface area contributed by atoms with Crippen LogP contribution in [0, 0.1) is 6.57 Å². The molecule has 2 bridgehead atoms. The summed E-state index contributed by atoms with van der Waals surface area (Å²) in [5, 5.41) is 24.2. The van der Waals surface area contributed by atoms with Crippen molar-refractivity contribution in [1.82, 2.24) is 14.5 Å². The van der Waals surface area contributed by atoms with Crippen LogP contribution in [0.15, 0.2) is 48.8 Å². The zero-order chi connectivity index (χ0) is 24.8. The Labute approximate surface area is 210 Å². The maximum absolute atomic E-state index is 11.6. The molecule has 10 heteroatoms. The summed E-state index contributed by atoms with van der Waals surface area (Å²) >= 11 is 5.91. The Kier molecular flexibility index (Phi) is 4.23. The molecule has 7 rings (SSSR count). The van der Waals surface area contributed by atoms with Crippen molar-refractivity contribution in [2.45, 2.75) is 36.8 Å². The third-order valence-corrected chi connectivity index (χ3v) is 7.66. The Balaban J connectivity index is 1.34. The van der Waals surface area contributed by atoms with Gasteiger partial charge in [0.05, 0.1) is 40.5 Å². The molecule has 180 valence electrons. The van der Waals surface area contributed by atoms with Gasteiger partial charge in [-0.15, -0.1) is 0 Å². The zero-order valence-corrected chi connectivity index (χ0v) is 19.7. The Hall–Kier alpha value is -3.84. The molecular formula is C26H19ClN4O5. The molecule has 6 heterocycles. The summed E-state index contributed by atoms with van der Waals surface area (Å²) in [5.41, 5.74) is 0.503. The second kappa shape index (κ2) is 7.11. The van der Waals surface area contributed by atoms with Crippen molar-refractivity contribution in [2.24, 2.45) is 0 Å². The molecule has 3 aliphatic heterocycles. The van der Waals surface area contributed by atoms with Crippen LogP contribution in [0.1, 0.15) is 24.5 Å². The lowest BCUT2D eigenvalue weighted by atomic mass is 9.78. The first-order chi connectivity index (χ1) is 17.4. The normalized spacial score (nSPS) is 27.0. The summed E-state index contributed by atoms with van der Waals surface area (Å²) in [5.74, 6) is 0.166. The third kappa shape index (κ3) is 2.61. The number of hydrogen-bond acceptors (Lipinski definition) is 7.